The molecule has 1 fully saturated rings. The zero-order chi connectivity index (χ0) is 14.7. The van der Waals surface area contributed by atoms with Crippen LogP contribution in [-0.4, -0.2) is 36.5 Å². The molecule has 110 valence electrons. The lowest BCUT2D eigenvalue weighted by atomic mass is 9.97. The van der Waals surface area contributed by atoms with Crippen molar-refractivity contribution >= 4 is 23.2 Å². The number of ether oxygens (including phenoxy) is 1. The Morgan fingerprint density at radius 3 is 2.50 bits per heavy atom. The highest BCUT2D eigenvalue weighted by molar-refractivity contribution is 7.14. The van der Waals surface area contributed by atoms with E-state index in [0.717, 1.165) is 4.88 Å². The number of amides is 1. The minimum absolute atomic E-state index is 0.0502. The molecule has 0 radical (unpaired) electrons. The highest BCUT2D eigenvalue weighted by Crippen LogP contribution is 2.25. The standard InChI is InChI=1S/C15H21NO3S/c1-4-19-15(18)12-5-7-16(8-6-12)14(17)13-9-10(2)11(3)20-13/h9,12H,4-8H2,1-3H3. The Hall–Kier alpha value is -1.36. The van der Waals surface area contributed by atoms with Crippen molar-refractivity contribution in [1.29, 1.82) is 0 Å². The minimum atomic E-state index is -0.123. The third kappa shape index (κ3) is 3.20. The van der Waals surface area contributed by atoms with Crippen LogP contribution >= 0.6 is 11.3 Å². The molecule has 0 unspecified atom stereocenters. The Labute approximate surface area is 123 Å². The van der Waals surface area contributed by atoms with Crippen LogP contribution in [0.4, 0.5) is 0 Å². The van der Waals surface area contributed by atoms with E-state index in [1.54, 1.807) is 11.3 Å². The van der Waals surface area contributed by atoms with Crippen LogP contribution in [0.3, 0.4) is 0 Å². The number of hydrogen-bond acceptors (Lipinski definition) is 4. The molecule has 20 heavy (non-hydrogen) atoms. The van der Waals surface area contributed by atoms with Gasteiger partial charge >= 0.3 is 5.97 Å². The molecule has 1 saturated heterocycles. The normalized spacial score (nSPS) is 16.2. The van der Waals surface area contributed by atoms with Crippen LogP contribution in [0.1, 0.15) is 39.9 Å². The molecule has 2 rings (SSSR count). The fourth-order valence-corrected chi connectivity index (χ4v) is 3.41. The summed E-state index contributed by atoms with van der Waals surface area (Å²) in [6, 6.07) is 1.96. The van der Waals surface area contributed by atoms with Crippen molar-refractivity contribution < 1.29 is 14.3 Å². The van der Waals surface area contributed by atoms with Gasteiger partial charge in [0.25, 0.3) is 5.91 Å². The van der Waals surface area contributed by atoms with Crippen LogP contribution < -0.4 is 0 Å². The van der Waals surface area contributed by atoms with E-state index in [-0.39, 0.29) is 17.8 Å². The molecule has 4 nitrogen and oxygen atoms in total. The average Bonchev–Trinajstić information content (AvgIpc) is 2.78. The van der Waals surface area contributed by atoms with Crippen molar-refractivity contribution in [2.75, 3.05) is 19.7 Å². The summed E-state index contributed by atoms with van der Waals surface area (Å²) < 4.78 is 5.04. The first-order valence-corrected chi connectivity index (χ1v) is 7.87. The van der Waals surface area contributed by atoms with E-state index in [9.17, 15) is 9.59 Å². The third-order valence-electron chi connectivity index (χ3n) is 3.78. The van der Waals surface area contributed by atoms with Crippen molar-refractivity contribution in [2.45, 2.75) is 33.6 Å². The van der Waals surface area contributed by atoms with Gasteiger partial charge in [-0.3, -0.25) is 9.59 Å². The van der Waals surface area contributed by atoms with Gasteiger partial charge < -0.3 is 9.64 Å². The van der Waals surface area contributed by atoms with Gasteiger partial charge in [0.2, 0.25) is 0 Å². The molecule has 0 aliphatic carbocycles. The van der Waals surface area contributed by atoms with Gasteiger partial charge in [-0.25, -0.2) is 0 Å². The van der Waals surface area contributed by atoms with E-state index in [2.05, 4.69) is 0 Å². The zero-order valence-corrected chi connectivity index (χ0v) is 13.1. The average molecular weight is 295 g/mol. The van der Waals surface area contributed by atoms with Crippen molar-refractivity contribution in [1.82, 2.24) is 4.90 Å². The molecule has 0 saturated carbocycles. The lowest BCUT2D eigenvalue weighted by molar-refractivity contribution is -0.149. The van der Waals surface area contributed by atoms with E-state index in [1.165, 1.54) is 10.4 Å². The molecule has 1 aromatic heterocycles. The summed E-state index contributed by atoms with van der Waals surface area (Å²) in [5.41, 5.74) is 1.17. The largest absolute Gasteiger partial charge is 0.466 e. The first-order chi connectivity index (χ1) is 9.52. The van der Waals surface area contributed by atoms with Crippen molar-refractivity contribution in [2.24, 2.45) is 5.92 Å². The topological polar surface area (TPSA) is 46.6 Å². The summed E-state index contributed by atoms with van der Waals surface area (Å²) in [5.74, 6) is -0.0817. The van der Waals surface area contributed by atoms with Crippen molar-refractivity contribution in [3.05, 3.63) is 21.4 Å². The minimum Gasteiger partial charge on any atom is -0.466 e. The maximum Gasteiger partial charge on any atom is 0.309 e. The first kappa shape index (κ1) is 15.0. The summed E-state index contributed by atoms with van der Waals surface area (Å²) >= 11 is 1.55. The molecule has 5 heteroatoms. The summed E-state index contributed by atoms with van der Waals surface area (Å²) in [6.07, 6.45) is 1.40. The van der Waals surface area contributed by atoms with Gasteiger partial charge in [0, 0.05) is 18.0 Å². The Balaban J connectivity index is 1.93. The fourth-order valence-electron chi connectivity index (χ4n) is 2.41. The number of rotatable bonds is 3. The Kier molecular flexibility index (Phi) is 4.81. The van der Waals surface area contributed by atoms with Crippen LogP contribution in [0.2, 0.25) is 0 Å². The Bertz CT molecular complexity index is 482. The monoisotopic (exact) mass is 295 g/mol. The SMILES string of the molecule is CCOC(=O)C1CCN(C(=O)c2cc(C)c(C)s2)CC1. The molecular formula is C15H21NO3S. The van der Waals surface area contributed by atoms with Crippen LogP contribution in [-0.2, 0) is 9.53 Å². The molecular weight excluding hydrogens is 274 g/mol. The predicted molar refractivity (Wildman–Crippen MR) is 79.1 cm³/mol. The van der Waals surface area contributed by atoms with Crippen molar-refractivity contribution in [3.8, 4) is 0 Å². The predicted octanol–water partition coefficient (Wildman–Crippen LogP) is 2.78. The molecule has 0 bridgehead atoms. The fraction of sp³-hybridized carbons (Fsp3) is 0.600. The molecule has 0 N–H and O–H groups in total. The number of nitrogens with zero attached hydrogens (tertiary/aromatic N) is 1. The smallest absolute Gasteiger partial charge is 0.309 e. The second kappa shape index (κ2) is 6.39. The zero-order valence-electron chi connectivity index (χ0n) is 12.3. The number of esters is 1. The molecule has 2 heterocycles. The van der Waals surface area contributed by atoms with Gasteiger partial charge in [-0.15, -0.1) is 11.3 Å². The maximum atomic E-state index is 12.4. The molecule has 0 spiro atoms. The number of hydrogen-bond donors (Lipinski definition) is 0. The van der Waals surface area contributed by atoms with Crippen molar-refractivity contribution in [3.63, 3.8) is 0 Å². The molecule has 0 atom stereocenters. The lowest BCUT2D eigenvalue weighted by Crippen LogP contribution is -2.40. The first-order valence-electron chi connectivity index (χ1n) is 7.05. The van der Waals surface area contributed by atoms with Gasteiger partial charge in [-0.05, 0) is 45.2 Å². The molecule has 1 aromatic rings. The van der Waals surface area contributed by atoms with Gasteiger partial charge in [0.1, 0.15) is 0 Å². The molecule has 0 aromatic carbocycles. The maximum absolute atomic E-state index is 12.4. The van der Waals surface area contributed by atoms with E-state index in [1.807, 2.05) is 31.7 Å². The highest BCUT2D eigenvalue weighted by Gasteiger charge is 2.29. The van der Waals surface area contributed by atoms with Crippen LogP contribution in [0.25, 0.3) is 0 Å². The molecule has 1 aliphatic rings. The lowest BCUT2D eigenvalue weighted by Gasteiger charge is -2.30. The van der Waals surface area contributed by atoms with Crippen LogP contribution in [0.5, 0.6) is 0 Å². The molecule has 1 aliphatic heterocycles. The summed E-state index contributed by atoms with van der Waals surface area (Å²) in [7, 11) is 0. The van der Waals surface area contributed by atoms with E-state index >= 15 is 0 Å². The highest BCUT2D eigenvalue weighted by atomic mass is 32.1. The third-order valence-corrected chi connectivity index (χ3v) is 4.92. The number of piperidine rings is 1. The van der Waals surface area contributed by atoms with Crippen LogP contribution in [0.15, 0.2) is 6.07 Å². The van der Waals surface area contributed by atoms with Gasteiger partial charge in [0.05, 0.1) is 17.4 Å². The number of aryl methyl sites for hydroxylation is 2. The van der Waals surface area contributed by atoms with E-state index < -0.39 is 0 Å². The number of thiophene rings is 1. The quantitative estimate of drug-likeness (QED) is 0.806. The molecule has 1 amide bonds. The summed E-state index contributed by atoms with van der Waals surface area (Å²) in [4.78, 5) is 27.9. The van der Waals surface area contributed by atoms with E-state index in [4.69, 9.17) is 4.74 Å². The summed E-state index contributed by atoms with van der Waals surface area (Å²) in [5, 5.41) is 0. The Morgan fingerprint density at radius 1 is 1.35 bits per heavy atom. The second-order valence-electron chi connectivity index (χ2n) is 5.17. The van der Waals surface area contributed by atoms with E-state index in [0.29, 0.717) is 32.5 Å². The van der Waals surface area contributed by atoms with Gasteiger partial charge in [-0.1, -0.05) is 0 Å². The Morgan fingerprint density at radius 2 is 2.00 bits per heavy atom. The van der Waals surface area contributed by atoms with Gasteiger partial charge in [-0.2, -0.15) is 0 Å². The number of likely N-dealkylation sites (tertiary alicyclic amines) is 1. The van der Waals surface area contributed by atoms with Crippen LogP contribution in [0, 0.1) is 19.8 Å². The van der Waals surface area contributed by atoms with Gasteiger partial charge in [0.15, 0.2) is 0 Å². The summed E-state index contributed by atoms with van der Waals surface area (Å²) in [6.45, 7) is 7.57. The number of carbonyl (C=O) groups is 2. The number of carbonyl (C=O) groups excluding carboxylic acids is 2. The second-order valence-corrected chi connectivity index (χ2v) is 6.42.